The molecule has 0 atom stereocenters. The zero-order valence-electron chi connectivity index (χ0n) is 18.3. The molecular weight excluding hydrogens is 465 g/mol. The number of rotatable bonds is 6. The van der Waals surface area contributed by atoms with Crippen LogP contribution in [0.5, 0.6) is 11.8 Å². The Bertz CT molecular complexity index is 952. The molecule has 1 aromatic heterocycles. The standard InChI is InChI=1S/C20H15BrFNO4.2C2H6/c1-25-20(24)14-7-8-15(17(22)11-14)16-9-10-18(27-21)23-19(16)26-12-13-5-3-2-4-6-13;2*1-2/h2-11H,12H2,1H3;2*1-2H3. The highest BCUT2D eigenvalue weighted by Crippen LogP contribution is 2.33. The van der Waals surface area contributed by atoms with Gasteiger partial charge in [-0.05, 0) is 23.8 Å². The predicted molar refractivity (Wildman–Crippen MR) is 124 cm³/mol. The summed E-state index contributed by atoms with van der Waals surface area (Å²) in [6, 6.07) is 16.8. The smallest absolute Gasteiger partial charge is 0.337 e. The topological polar surface area (TPSA) is 57.7 Å². The van der Waals surface area contributed by atoms with Crippen LogP contribution >= 0.6 is 16.3 Å². The molecule has 2 aromatic carbocycles. The second-order valence-electron chi connectivity index (χ2n) is 5.54. The van der Waals surface area contributed by atoms with Gasteiger partial charge < -0.3 is 13.3 Å². The van der Waals surface area contributed by atoms with Crippen LogP contribution in [0, 0.1) is 5.82 Å². The first-order valence-electron chi connectivity index (χ1n) is 9.97. The Morgan fingerprint density at radius 1 is 0.968 bits per heavy atom. The normalized spacial score (nSPS) is 9.39. The average molecular weight is 492 g/mol. The van der Waals surface area contributed by atoms with Crippen molar-refractivity contribution in [3.63, 3.8) is 0 Å². The fourth-order valence-corrected chi connectivity index (χ4v) is 2.67. The third kappa shape index (κ3) is 7.36. The molecule has 0 amide bonds. The Hall–Kier alpha value is -2.93. The molecule has 3 aromatic rings. The third-order valence-electron chi connectivity index (χ3n) is 3.81. The van der Waals surface area contributed by atoms with Crippen molar-refractivity contribution in [2.45, 2.75) is 34.3 Å². The van der Waals surface area contributed by atoms with Crippen LogP contribution in [0.3, 0.4) is 0 Å². The molecule has 7 heteroatoms. The predicted octanol–water partition coefficient (Wildman–Crippen LogP) is 6.99. The Balaban J connectivity index is 0.00000113. The SMILES string of the molecule is CC.CC.COC(=O)c1ccc(-c2ccc(OBr)nc2OCc2ccccc2)c(F)c1. The van der Waals surface area contributed by atoms with Gasteiger partial charge in [-0.1, -0.05) is 64.1 Å². The van der Waals surface area contributed by atoms with E-state index in [1.54, 1.807) is 12.1 Å². The molecule has 0 aliphatic rings. The number of hydrogen-bond donors (Lipinski definition) is 0. The Labute approximate surface area is 191 Å². The van der Waals surface area contributed by atoms with E-state index in [1.807, 2.05) is 58.0 Å². The van der Waals surface area contributed by atoms with Crippen LogP contribution < -0.4 is 8.57 Å². The van der Waals surface area contributed by atoms with E-state index < -0.39 is 11.8 Å². The number of hydrogen-bond acceptors (Lipinski definition) is 5. The van der Waals surface area contributed by atoms with Crippen LogP contribution in [-0.4, -0.2) is 18.1 Å². The molecule has 31 heavy (non-hydrogen) atoms. The van der Waals surface area contributed by atoms with Crippen LogP contribution in [0.2, 0.25) is 0 Å². The molecule has 0 aliphatic heterocycles. The van der Waals surface area contributed by atoms with E-state index in [0.717, 1.165) is 11.6 Å². The number of methoxy groups -OCH3 is 1. The van der Waals surface area contributed by atoms with Gasteiger partial charge >= 0.3 is 5.97 Å². The highest BCUT2D eigenvalue weighted by Gasteiger charge is 2.16. The van der Waals surface area contributed by atoms with E-state index in [1.165, 1.54) is 19.2 Å². The highest BCUT2D eigenvalue weighted by molar-refractivity contribution is 9.06. The number of pyridine rings is 1. The van der Waals surface area contributed by atoms with E-state index in [-0.39, 0.29) is 29.5 Å². The number of nitrogens with zero attached hydrogens (tertiary/aromatic N) is 1. The molecule has 0 bridgehead atoms. The lowest BCUT2D eigenvalue weighted by Gasteiger charge is -2.13. The van der Waals surface area contributed by atoms with Crippen LogP contribution in [0.4, 0.5) is 4.39 Å². The lowest BCUT2D eigenvalue weighted by Crippen LogP contribution is -2.03. The number of ether oxygens (including phenoxy) is 2. The molecule has 0 saturated heterocycles. The average Bonchev–Trinajstić information content (AvgIpc) is 2.85. The van der Waals surface area contributed by atoms with Crippen molar-refractivity contribution in [1.82, 2.24) is 4.98 Å². The molecule has 3 rings (SSSR count). The number of carbonyl (C=O) groups excluding carboxylic acids is 1. The lowest BCUT2D eigenvalue weighted by molar-refractivity contribution is 0.0600. The Morgan fingerprint density at radius 3 is 2.19 bits per heavy atom. The monoisotopic (exact) mass is 491 g/mol. The number of aromatic nitrogens is 1. The summed E-state index contributed by atoms with van der Waals surface area (Å²) in [5.74, 6) is -0.715. The fourth-order valence-electron chi connectivity index (χ4n) is 2.49. The molecule has 1 heterocycles. The zero-order chi connectivity index (χ0) is 23.2. The first kappa shape index (κ1) is 26.1. The summed E-state index contributed by atoms with van der Waals surface area (Å²) >= 11 is 2.87. The lowest BCUT2D eigenvalue weighted by atomic mass is 10.0. The summed E-state index contributed by atoms with van der Waals surface area (Å²) in [5, 5.41) is 0. The van der Waals surface area contributed by atoms with Crippen LogP contribution in [0.15, 0.2) is 60.7 Å². The summed E-state index contributed by atoms with van der Waals surface area (Å²) in [6.45, 7) is 8.26. The van der Waals surface area contributed by atoms with Gasteiger partial charge in [0, 0.05) is 17.2 Å². The second-order valence-corrected chi connectivity index (χ2v) is 5.86. The van der Waals surface area contributed by atoms with Crippen LogP contribution in [0.25, 0.3) is 11.1 Å². The maximum atomic E-state index is 14.6. The van der Waals surface area contributed by atoms with Crippen molar-refractivity contribution in [3.05, 3.63) is 77.6 Å². The number of esters is 1. The molecule has 0 fully saturated rings. The molecule has 0 N–H and O–H groups in total. The van der Waals surface area contributed by atoms with Crippen molar-refractivity contribution >= 4 is 22.2 Å². The van der Waals surface area contributed by atoms with Crippen LogP contribution in [-0.2, 0) is 11.3 Å². The van der Waals surface area contributed by atoms with Gasteiger partial charge in [-0.25, -0.2) is 9.18 Å². The summed E-state index contributed by atoms with van der Waals surface area (Å²) in [4.78, 5) is 15.8. The van der Waals surface area contributed by atoms with Gasteiger partial charge in [0.2, 0.25) is 11.8 Å². The molecule has 0 spiro atoms. The number of benzene rings is 2. The van der Waals surface area contributed by atoms with Gasteiger partial charge in [0.25, 0.3) is 0 Å². The molecule has 5 nitrogen and oxygen atoms in total. The molecule has 0 aliphatic carbocycles. The van der Waals surface area contributed by atoms with E-state index in [2.05, 4.69) is 26.0 Å². The van der Waals surface area contributed by atoms with Crippen molar-refractivity contribution in [3.8, 4) is 22.9 Å². The summed E-state index contributed by atoms with van der Waals surface area (Å²) in [7, 11) is 1.24. The minimum absolute atomic E-state index is 0.124. The minimum Gasteiger partial charge on any atom is -0.472 e. The first-order chi connectivity index (χ1) is 15.1. The quantitative estimate of drug-likeness (QED) is 0.347. The molecule has 0 radical (unpaired) electrons. The third-order valence-corrected chi connectivity index (χ3v) is 4.14. The van der Waals surface area contributed by atoms with Gasteiger partial charge in [-0.2, -0.15) is 4.98 Å². The maximum absolute atomic E-state index is 14.6. The fraction of sp³-hybridized carbons (Fsp3) is 0.250. The van der Waals surface area contributed by atoms with Gasteiger partial charge in [0.05, 0.1) is 12.7 Å². The molecule has 0 unspecified atom stereocenters. The first-order valence-corrected chi connectivity index (χ1v) is 10.6. The zero-order valence-corrected chi connectivity index (χ0v) is 19.9. The largest absolute Gasteiger partial charge is 0.472 e. The minimum atomic E-state index is -0.609. The summed E-state index contributed by atoms with van der Waals surface area (Å²) in [5.41, 5.74) is 1.75. The van der Waals surface area contributed by atoms with Crippen molar-refractivity contribution in [2.24, 2.45) is 0 Å². The number of carbonyl (C=O) groups is 1. The van der Waals surface area contributed by atoms with E-state index in [9.17, 15) is 9.18 Å². The second kappa shape index (κ2) is 14.1. The van der Waals surface area contributed by atoms with Gasteiger partial charge in [-0.3, -0.25) is 0 Å². The van der Waals surface area contributed by atoms with Crippen molar-refractivity contribution in [1.29, 1.82) is 0 Å². The molecule has 0 saturated carbocycles. The maximum Gasteiger partial charge on any atom is 0.337 e. The molecular formula is C24H27BrFNO4. The van der Waals surface area contributed by atoms with Crippen molar-refractivity contribution in [2.75, 3.05) is 7.11 Å². The van der Waals surface area contributed by atoms with Gasteiger partial charge in [0.1, 0.15) is 12.4 Å². The summed E-state index contributed by atoms with van der Waals surface area (Å²) < 4.78 is 30.0. The van der Waals surface area contributed by atoms with E-state index >= 15 is 0 Å². The highest BCUT2D eigenvalue weighted by atomic mass is 79.9. The van der Waals surface area contributed by atoms with Crippen molar-refractivity contribution < 1.29 is 22.5 Å². The van der Waals surface area contributed by atoms with E-state index in [0.29, 0.717) is 5.56 Å². The summed E-state index contributed by atoms with van der Waals surface area (Å²) in [6.07, 6.45) is 0. The van der Waals surface area contributed by atoms with Crippen LogP contribution in [0.1, 0.15) is 43.6 Å². The Morgan fingerprint density at radius 2 is 1.61 bits per heavy atom. The Kier molecular flexibility index (Phi) is 11.9. The van der Waals surface area contributed by atoms with E-state index in [4.69, 9.17) is 8.57 Å². The van der Waals surface area contributed by atoms with Gasteiger partial charge in [-0.15, -0.1) is 0 Å². The van der Waals surface area contributed by atoms with Gasteiger partial charge in [0.15, 0.2) is 16.3 Å². The number of halogens is 2. The molecule has 166 valence electrons.